The van der Waals surface area contributed by atoms with Crippen LogP contribution in [0.5, 0.6) is 0 Å². The molecule has 8 atom stereocenters. The summed E-state index contributed by atoms with van der Waals surface area (Å²) in [5, 5.41) is 23.4. The van der Waals surface area contributed by atoms with Crippen molar-refractivity contribution in [1.29, 1.82) is 0 Å². The number of aliphatic hydroxyl groups is 2. The second-order valence-electron chi connectivity index (χ2n) is 15.0. The predicted octanol–water partition coefficient (Wildman–Crippen LogP) is 5.84. The second-order valence-corrected chi connectivity index (χ2v) is 19.8. The highest BCUT2D eigenvalue weighted by atomic mass is 28.4. The van der Waals surface area contributed by atoms with Crippen LogP contribution in [-0.4, -0.2) is 54.3 Å². The summed E-state index contributed by atoms with van der Waals surface area (Å²) in [6, 6.07) is 9.94. The van der Waals surface area contributed by atoms with E-state index in [0.717, 1.165) is 16.7 Å². The van der Waals surface area contributed by atoms with Crippen molar-refractivity contribution in [3.8, 4) is 0 Å². The fraction of sp³-hybridized carbons (Fsp3) is 0.719. The van der Waals surface area contributed by atoms with Crippen molar-refractivity contribution in [3.05, 3.63) is 47.0 Å². The van der Waals surface area contributed by atoms with E-state index in [2.05, 4.69) is 54.6 Å². The van der Waals surface area contributed by atoms with Gasteiger partial charge in [-0.3, -0.25) is 4.79 Å². The number of ether oxygens (including phenoxy) is 2. The highest BCUT2D eigenvalue weighted by Crippen LogP contribution is 2.80. The Morgan fingerprint density at radius 3 is 2.38 bits per heavy atom. The van der Waals surface area contributed by atoms with E-state index in [1.54, 1.807) is 0 Å². The van der Waals surface area contributed by atoms with Gasteiger partial charge in [-0.15, -0.1) is 0 Å². The maximum absolute atomic E-state index is 14.0. The molecule has 0 aromatic heterocycles. The lowest BCUT2D eigenvalue weighted by Crippen LogP contribution is -2.66. The van der Waals surface area contributed by atoms with Gasteiger partial charge in [0.15, 0.2) is 14.6 Å². The third kappa shape index (κ3) is 3.41. The molecule has 4 aliphatic carbocycles. The van der Waals surface area contributed by atoms with Gasteiger partial charge in [0.2, 0.25) is 0 Å². The summed E-state index contributed by atoms with van der Waals surface area (Å²) in [5.41, 5.74) is -0.0639. The van der Waals surface area contributed by atoms with Gasteiger partial charge in [0.05, 0.1) is 23.7 Å². The van der Waals surface area contributed by atoms with E-state index in [9.17, 15) is 15.0 Å². The quantitative estimate of drug-likeness (QED) is 0.361. The number of carbonyl (C=O) groups is 1. The third-order valence-corrected chi connectivity index (χ3v) is 16.5. The molecule has 214 valence electrons. The number of benzene rings is 1. The lowest BCUT2D eigenvalue weighted by molar-refractivity contribution is -0.170. The molecule has 5 aliphatic rings. The molecule has 1 saturated heterocycles. The minimum Gasteiger partial charge on any atom is -0.410 e. The normalized spacial score (nSPS) is 43.2. The fourth-order valence-corrected chi connectivity index (χ4v) is 9.88. The standard InChI is InChI=1S/C32H46O6Si/c1-19-21-16-25(35)30-18-31(30,24(34)15-14-23(30)33)27-32(29(21,5)6,17-22(19)38-39(7,8)28(2,3)4)37-26(36-27)20-12-10-9-11-13-20/h9-13,22-23,25-27,33,35H,14-18H2,1-8H3/t22-,23-,25-,26-,27-,30-,31+,32+/m0/s1. The van der Waals surface area contributed by atoms with Crippen molar-refractivity contribution < 1.29 is 28.9 Å². The predicted molar refractivity (Wildman–Crippen MR) is 151 cm³/mol. The number of ketones is 1. The van der Waals surface area contributed by atoms with Gasteiger partial charge in [-0.1, -0.05) is 70.5 Å². The molecule has 7 heteroatoms. The first kappa shape index (κ1) is 27.8. The average molecular weight is 555 g/mol. The number of carbonyl (C=O) groups excluding carboxylic acids is 1. The van der Waals surface area contributed by atoms with E-state index in [1.807, 2.05) is 30.3 Å². The molecular formula is C32H46O6Si. The molecule has 0 amide bonds. The van der Waals surface area contributed by atoms with E-state index in [4.69, 9.17) is 13.9 Å². The Labute approximate surface area is 234 Å². The summed E-state index contributed by atoms with van der Waals surface area (Å²) in [4.78, 5) is 14.0. The van der Waals surface area contributed by atoms with Crippen LogP contribution in [0.4, 0.5) is 0 Å². The van der Waals surface area contributed by atoms with Crippen molar-refractivity contribution in [1.82, 2.24) is 0 Å². The maximum Gasteiger partial charge on any atom is 0.192 e. The third-order valence-electron chi connectivity index (χ3n) is 12.0. The lowest BCUT2D eigenvalue weighted by Gasteiger charge is -2.58. The van der Waals surface area contributed by atoms with Crippen LogP contribution >= 0.6 is 0 Å². The Hall–Kier alpha value is -1.35. The van der Waals surface area contributed by atoms with Crippen LogP contribution in [0.1, 0.15) is 85.5 Å². The van der Waals surface area contributed by atoms with Crippen molar-refractivity contribution in [3.63, 3.8) is 0 Å². The monoisotopic (exact) mass is 554 g/mol. The molecule has 3 saturated carbocycles. The summed E-state index contributed by atoms with van der Waals surface area (Å²) >= 11 is 0. The zero-order valence-electron chi connectivity index (χ0n) is 24.8. The highest BCUT2D eigenvalue weighted by Gasteiger charge is 2.87. The summed E-state index contributed by atoms with van der Waals surface area (Å²) in [6.07, 6.45) is -0.930. The Morgan fingerprint density at radius 1 is 1.08 bits per heavy atom. The highest BCUT2D eigenvalue weighted by molar-refractivity contribution is 6.74. The number of hydrogen-bond donors (Lipinski definition) is 2. The molecule has 6 rings (SSSR count). The Morgan fingerprint density at radius 2 is 1.74 bits per heavy atom. The molecule has 6 nitrogen and oxygen atoms in total. The SMILES string of the molecule is CC1=C2C[C@H](O)[C@@]34C[C@@]3(C(=O)CC[C@@H]4O)[C@@H]3O[C@H](c4ccccc4)O[C@@]3(C[C@@H]1O[Si](C)(C)C(C)(C)C)C2(C)C. The number of Topliss-reactive ketones (excluding diaryl/α,β-unsaturated/α-hetero) is 1. The molecular weight excluding hydrogens is 508 g/mol. The zero-order valence-corrected chi connectivity index (χ0v) is 25.8. The molecule has 1 heterocycles. The van der Waals surface area contributed by atoms with Crippen LogP contribution < -0.4 is 0 Å². The first-order valence-corrected chi connectivity index (χ1v) is 17.6. The van der Waals surface area contributed by atoms with Gasteiger partial charge in [-0.05, 0) is 49.9 Å². The van der Waals surface area contributed by atoms with Crippen molar-refractivity contribution >= 4 is 14.1 Å². The molecule has 0 unspecified atom stereocenters. The Bertz CT molecular complexity index is 1220. The lowest BCUT2D eigenvalue weighted by atomic mass is 9.52. The van der Waals surface area contributed by atoms with E-state index in [0.29, 0.717) is 32.1 Å². The summed E-state index contributed by atoms with van der Waals surface area (Å²) in [7, 11) is -2.17. The minimum absolute atomic E-state index is 0.0247. The zero-order chi connectivity index (χ0) is 28.4. The van der Waals surface area contributed by atoms with Crippen LogP contribution in [0.25, 0.3) is 0 Å². The average Bonchev–Trinajstić information content (AvgIpc) is 3.45. The van der Waals surface area contributed by atoms with E-state index >= 15 is 0 Å². The largest absolute Gasteiger partial charge is 0.410 e. The maximum atomic E-state index is 14.0. The molecule has 1 spiro atoms. The van der Waals surface area contributed by atoms with E-state index < -0.39 is 54.8 Å². The minimum atomic E-state index is -2.17. The van der Waals surface area contributed by atoms with Crippen LogP contribution in [0.2, 0.25) is 18.1 Å². The van der Waals surface area contributed by atoms with E-state index in [1.165, 1.54) is 0 Å². The summed E-state index contributed by atoms with van der Waals surface area (Å²) in [5.74, 6) is 0.0981. The molecule has 1 aromatic carbocycles. The van der Waals surface area contributed by atoms with Gasteiger partial charge < -0.3 is 24.1 Å². The van der Waals surface area contributed by atoms with Crippen molar-refractivity contribution in [2.75, 3.05) is 0 Å². The molecule has 2 bridgehead atoms. The molecule has 0 radical (unpaired) electrons. The first-order chi connectivity index (χ1) is 18.0. The van der Waals surface area contributed by atoms with Gasteiger partial charge in [0.25, 0.3) is 0 Å². The van der Waals surface area contributed by atoms with Crippen LogP contribution in [-0.2, 0) is 18.7 Å². The Kier molecular flexibility index (Phi) is 5.96. The van der Waals surface area contributed by atoms with Gasteiger partial charge in [0, 0.05) is 29.2 Å². The van der Waals surface area contributed by atoms with Crippen molar-refractivity contribution in [2.45, 2.75) is 128 Å². The topological polar surface area (TPSA) is 85.2 Å². The van der Waals surface area contributed by atoms with Gasteiger partial charge in [-0.2, -0.15) is 0 Å². The smallest absolute Gasteiger partial charge is 0.192 e. The van der Waals surface area contributed by atoms with Crippen LogP contribution in [0.3, 0.4) is 0 Å². The molecule has 39 heavy (non-hydrogen) atoms. The van der Waals surface area contributed by atoms with Gasteiger partial charge in [0.1, 0.15) is 17.5 Å². The fourth-order valence-electron chi connectivity index (χ4n) is 8.55. The van der Waals surface area contributed by atoms with Crippen LogP contribution in [0, 0.1) is 16.2 Å². The van der Waals surface area contributed by atoms with Gasteiger partial charge in [-0.25, -0.2) is 0 Å². The number of rotatable bonds is 3. The molecule has 2 N–H and O–H groups in total. The van der Waals surface area contributed by atoms with E-state index in [-0.39, 0.29) is 16.9 Å². The number of aliphatic hydroxyl groups excluding tert-OH is 2. The van der Waals surface area contributed by atoms with Crippen LogP contribution in [0.15, 0.2) is 41.5 Å². The Balaban J connectivity index is 1.56. The number of hydrogen-bond acceptors (Lipinski definition) is 6. The summed E-state index contributed by atoms with van der Waals surface area (Å²) in [6.45, 7) is 17.8. The summed E-state index contributed by atoms with van der Waals surface area (Å²) < 4.78 is 21.2. The molecule has 4 fully saturated rings. The number of fused-ring (bicyclic) bond motifs is 1. The van der Waals surface area contributed by atoms with Gasteiger partial charge >= 0.3 is 0 Å². The molecule has 1 aromatic rings. The first-order valence-electron chi connectivity index (χ1n) is 14.7. The second kappa shape index (κ2) is 8.36. The molecule has 1 aliphatic heterocycles. The van der Waals surface area contributed by atoms with Crippen molar-refractivity contribution in [2.24, 2.45) is 16.2 Å².